The molecule has 0 amide bonds. The lowest BCUT2D eigenvalue weighted by Crippen LogP contribution is -2.51. The van der Waals surface area contributed by atoms with E-state index in [0.717, 1.165) is 36.6 Å². The number of pyridine rings is 1. The second-order valence-corrected chi connectivity index (χ2v) is 6.39. The standard InChI is InChI=1S/C14H22BrN3/c1-11(2)5-14-9-16-3-4-18(14)10-12-6-13(15)8-17-7-12/h6-8,11,14,16H,3-5,9-10H2,1-2H3. The average Bonchev–Trinajstić information content (AvgIpc) is 2.31. The summed E-state index contributed by atoms with van der Waals surface area (Å²) in [5.41, 5.74) is 1.29. The van der Waals surface area contributed by atoms with Gasteiger partial charge in [0.2, 0.25) is 0 Å². The first kappa shape index (κ1) is 14.0. The van der Waals surface area contributed by atoms with Crippen LogP contribution in [0.4, 0.5) is 0 Å². The SMILES string of the molecule is CC(C)CC1CNCCN1Cc1cncc(Br)c1. The average molecular weight is 312 g/mol. The zero-order chi connectivity index (χ0) is 13.0. The minimum atomic E-state index is 0.651. The van der Waals surface area contributed by atoms with E-state index in [9.17, 15) is 0 Å². The van der Waals surface area contributed by atoms with Gasteiger partial charge in [-0.2, -0.15) is 0 Å². The van der Waals surface area contributed by atoms with Crippen molar-refractivity contribution in [1.82, 2.24) is 15.2 Å². The van der Waals surface area contributed by atoms with Crippen molar-refractivity contribution < 1.29 is 0 Å². The summed E-state index contributed by atoms with van der Waals surface area (Å²) in [5, 5.41) is 3.50. The van der Waals surface area contributed by atoms with Crippen molar-refractivity contribution in [2.45, 2.75) is 32.9 Å². The van der Waals surface area contributed by atoms with E-state index in [2.05, 4.69) is 51.0 Å². The number of piperazine rings is 1. The Balaban J connectivity index is 2.00. The van der Waals surface area contributed by atoms with Gasteiger partial charge in [0.1, 0.15) is 0 Å². The van der Waals surface area contributed by atoms with Crippen LogP contribution in [0.2, 0.25) is 0 Å². The Morgan fingerprint density at radius 3 is 3.06 bits per heavy atom. The van der Waals surface area contributed by atoms with Crippen molar-refractivity contribution in [2.75, 3.05) is 19.6 Å². The largest absolute Gasteiger partial charge is 0.314 e. The second kappa shape index (κ2) is 6.64. The minimum absolute atomic E-state index is 0.651. The minimum Gasteiger partial charge on any atom is -0.314 e. The zero-order valence-corrected chi connectivity index (χ0v) is 12.8. The molecule has 4 heteroatoms. The van der Waals surface area contributed by atoms with Gasteiger partial charge in [-0.1, -0.05) is 13.8 Å². The van der Waals surface area contributed by atoms with E-state index in [-0.39, 0.29) is 0 Å². The highest BCUT2D eigenvalue weighted by atomic mass is 79.9. The number of hydrogen-bond acceptors (Lipinski definition) is 3. The molecule has 0 radical (unpaired) electrons. The molecule has 3 nitrogen and oxygen atoms in total. The summed E-state index contributed by atoms with van der Waals surface area (Å²) in [7, 11) is 0. The second-order valence-electron chi connectivity index (χ2n) is 5.47. The van der Waals surface area contributed by atoms with E-state index in [1.807, 2.05) is 12.4 Å². The van der Waals surface area contributed by atoms with Crippen LogP contribution in [0.3, 0.4) is 0 Å². The third kappa shape index (κ3) is 4.04. The van der Waals surface area contributed by atoms with Crippen LogP contribution < -0.4 is 5.32 Å². The third-order valence-corrected chi connectivity index (χ3v) is 3.80. The van der Waals surface area contributed by atoms with Crippen molar-refractivity contribution in [3.63, 3.8) is 0 Å². The van der Waals surface area contributed by atoms with Crippen molar-refractivity contribution in [3.8, 4) is 0 Å². The van der Waals surface area contributed by atoms with Crippen LogP contribution in [0.25, 0.3) is 0 Å². The van der Waals surface area contributed by atoms with Crippen molar-refractivity contribution in [2.24, 2.45) is 5.92 Å². The zero-order valence-electron chi connectivity index (χ0n) is 11.2. The van der Waals surface area contributed by atoms with Gasteiger partial charge in [0.25, 0.3) is 0 Å². The Hall–Kier alpha value is -0.450. The summed E-state index contributed by atoms with van der Waals surface area (Å²) in [5.74, 6) is 0.748. The number of nitrogens with one attached hydrogen (secondary N) is 1. The molecule has 2 heterocycles. The molecule has 1 aliphatic heterocycles. The quantitative estimate of drug-likeness (QED) is 0.926. The molecule has 1 saturated heterocycles. The monoisotopic (exact) mass is 311 g/mol. The molecule has 1 atom stereocenters. The van der Waals surface area contributed by atoms with Gasteiger partial charge < -0.3 is 5.32 Å². The molecule has 0 saturated carbocycles. The molecule has 1 N–H and O–H groups in total. The highest BCUT2D eigenvalue weighted by Gasteiger charge is 2.22. The number of halogens is 1. The molecule has 1 unspecified atom stereocenters. The molecule has 1 aromatic heterocycles. The van der Waals surface area contributed by atoms with Gasteiger partial charge in [-0.05, 0) is 39.9 Å². The van der Waals surface area contributed by atoms with Gasteiger partial charge in [0.15, 0.2) is 0 Å². The Labute approximate surface area is 118 Å². The molecule has 100 valence electrons. The van der Waals surface area contributed by atoms with Crippen LogP contribution in [-0.2, 0) is 6.54 Å². The Bertz CT molecular complexity index is 381. The predicted molar refractivity (Wildman–Crippen MR) is 78.5 cm³/mol. The molecule has 0 spiro atoms. The van der Waals surface area contributed by atoms with E-state index in [1.54, 1.807) is 0 Å². The highest BCUT2D eigenvalue weighted by Crippen LogP contribution is 2.18. The Morgan fingerprint density at radius 1 is 1.50 bits per heavy atom. The maximum atomic E-state index is 4.25. The summed E-state index contributed by atoms with van der Waals surface area (Å²) in [4.78, 5) is 6.83. The van der Waals surface area contributed by atoms with Gasteiger partial charge in [-0.25, -0.2) is 0 Å². The van der Waals surface area contributed by atoms with E-state index < -0.39 is 0 Å². The van der Waals surface area contributed by atoms with Crippen molar-refractivity contribution >= 4 is 15.9 Å². The first-order valence-corrected chi connectivity index (χ1v) is 7.48. The lowest BCUT2D eigenvalue weighted by atomic mass is 10.0. The summed E-state index contributed by atoms with van der Waals surface area (Å²) in [6.45, 7) is 8.94. The fourth-order valence-corrected chi connectivity index (χ4v) is 2.98. The molecule has 1 aliphatic rings. The lowest BCUT2D eigenvalue weighted by Gasteiger charge is -2.37. The highest BCUT2D eigenvalue weighted by molar-refractivity contribution is 9.10. The van der Waals surface area contributed by atoms with Crippen LogP contribution in [0, 0.1) is 5.92 Å². The number of rotatable bonds is 4. The summed E-state index contributed by atoms with van der Waals surface area (Å²) < 4.78 is 1.07. The van der Waals surface area contributed by atoms with Crippen molar-refractivity contribution in [1.29, 1.82) is 0 Å². The maximum Gasteiger partial charge on any atom is 0.0410 e. The number of aromatic nitrogens is 1. The van der Waals surface area contributed by atoms with E-state index >= 15 is 0 Å². The predicted octanol–water partition coefficient (Wildman–Crippen LogP) is 2.66. The molecule has 0 bridgehead atoms. The summed E-state index contributed by atoms with van der Waals surface area (Å²) in [6.07, 6.45) is 5.07. The van der Waals surface area contributed by atoms with Crippen LogP contribution in [0.1, 0.15) is 25.8 Å². The normalized spacial score (nSPS) is 21.4. The van der Waals surface area contributed by atoms with Gasteiger partial charge in [0.05, 0.1) is 0 Å². The van der Waals surface area contributed by atoms with Crippen LogP contribution in [0.5, 0.6) is 0 Å². The molecular weight excluding hydrogens is 290 g/mol. The van der Waals surface area contributed by atoms with E-state index in [4.69, 9.17) is 0 Å². The molecule has 0 aromatic carbocycles. The maximum absolute atomic E-state index is 4.25. The molecule has 1 fully saturated rings. The van der Waals surface area contributed by atoms with Crippen LogP contribution >= 0.6 is 15.9 Å². The fraction of sp³-hybridized carbons (Fsp3) is 0.643. The third-order valence-electron chi connectivity index (χ3n) is 3.36. The van der Waals surface area contributed by atoms with Crippen LogP contribution in [0.15, 0.2) is 22.9 Å². The number of nitrogens with zero attached hydrogens (tertiary/aromatic N) is 2. The first-order chi connectivity index (χ1) is 8.65. The molecule has 0 aliphatic carbocycles. The van der Waals surface area contributed by atoms with Gasteiger partial charge in [0, 0.05) is 49.1 Å². The topological polar surface area (TPSA) is 28.2 Å². The summed E-state index contributed by atoms with van der Waals surface area (Å²) >= 11 is 3.49. The summed E-state index contributed by atoms with van der Waals surface area (Å²) in [6, 6.07) is 2.82. The van der Waals surface area contributed by atoms with E-state index in [0.29, 0.717) is 6.04 Å². The van der Waals surface area contributed by atoms with Gasteiger partial charge in [-0.15, -0.1) is 0 Å². The Kier molecular flexibility index (Phi) is 5.15. The van der Waals surface area contributed by atoms with Gasteiger partial charge >= 0.3 is 0 Å². The smallest absolute Gasteiger partial charge is 0.0410 e. The Morgan fingerprint density at radius 2 is 2.33 bits per heavy atom. The lowest BCUT2D eigenvalue weighted by molar-refractivity contribution is 0.134. The number of hydrogen-bond donors (Lipinski definition) is 1. The first-order valence-electron chi connectivity index (χ1n) is 6.69. The molecule has 1 aromatic rings. The molecular formula is C14H22BrN3. The van der Waals surface area contributed by atoms with E-state index in [1.165, 1.54) is 12.0 Å². The van der Waals surface area contributed by atoms with Gasteiger partial charge in [-0.3, -0.25) is 9.88 Å². The van der Waals surface area contributed by atoms with Crippen LogP contribution in [-0.4, -0.2) is 35.6 Å². The molecule has 18 heavy (non-hydrogen) atoms. The molecule has 2 rings (SSSR count). The fourth-order valence-electron chi connectivity index (χ4n) is 2.56. The van der Waals surface area contributed by atoms with Crippen molar-refractivity contribution in [3.05, 3.63) is 28.5 Å².